The lowest BCUT2D eigenvalue weighted by Crippen LogP contribution is -2.43. The average Bonchev–Trinajstić information content (AvgIpc) is 3.47. The summed E-state index contributed by atoms with van der Waals surface area (Å²) in [5.74, 6) is 0.751. The van der Waals surface area contributed by atoms with Crippen molar-refractivity contribution in [2.24, 2.45) is 0 Å². The Balaban J connectivity index is 1.45. The summed E-state index contributed by atoms with van der Waals surface area (Å²) in [5.41, 5.74) is 3.80. The summed E-state index contributed by atoms with van der Waals surface area (Å²) in [5, 5.41) is 17.1. The molecule has 0 radical (unpaired) electrons. The average molecular weight is 467 g/mol. The summed E-state index contributed by atoms with van der Waals surface area (Å²) >= 11 is 1.76. The first-order chi connectivity index (χ1) is 16.1. The fraction of sp³-hybridized carbons (Fsp3) is 0.440. The van der Waals surface area contributed by atoms with Crippen molar-refractivity contribution in [1.29, 1.82) is 0 Å². The van der Waals surface area contributed by atoms with Crippen LogP contribution in [0.2, 0.25) is 0 Å². The van der Waals surface area contributed by atoms with E-state index in [1.165, 1.54) is 4.88 Å². The van der Waals surface area contributed by atoms with Gasteiger partial charge < -0.3 is 14.7 Å². The molecule has 174 valence electrons. The zero-order valence-electron chi connectivity index (χ0n) is 18.9. The van der Waals surface area contributed by atoms with Gasteiger partial charge in [0, 0.05) is 55.3 Å². The number of piperidine rings is 1. The molecule has 0 saturated carbocycles. The minimum atomic E-state index is -0.451. The second kappa shape index (κ2) is 9.67. The molecule has 1 saturated heterocycles. The molecule has 0 spiro atoms. The van der Waals surface area contributed by atoms with Crippen molar-refractivity contribution < 1.29 is 14.6 Å². The molecule has 8 heteroatoms. The summed E-state index contributed by atoms with van der Waals surface area (Å²) in [6, 6.07) is 12.2. The van der Waals surface area contributed by atoms with Crippen molar-refractivity contribution in [1.82, 2.24) is 19.6 Å². The molecular weight excluding hydrogens is 436 g/mol. The van der Waals surface area contributed by atoms with Gasteiger partial charge in [0.15, 0.2) is 5.69 Å². The number of hydrogen-bond acceptors (Lipinski definition) is 6. The van der Waals surface area contributed by atoms with E-state index in [1.807, 2.05) is 22.9 Å². The Morgan fingerprint density at radius 3 is 2.94 bits per heavy atom. The van der Waals surface area contributed by atoms with E-state index in [9.17, 15) is 9.90 Å². The summed E-state index contributed by atoms with van der Waals surface area (Å²) in [4.78, 5) is 19.0. The first-order valence-electron chi connectivity index (χ1n) is 11.5. The number of likely N-dealkylation sites (tertiary alicyclic amines) is 1. The maximum Gasteiger partial charge on any atom is 0.274 e. The molecular formula is C25H30N4O3S. The predicted octanol–water partition coefficient (Wildman–Crippen LogP) is 3.16. The molecule has 1 N–H and O–H groups in total. The molecule has 33 heavy (non-hydrogen) atoms. The van der Waals surface area contributed by atoms with Crippen molar-refractivity contribution in [3.05, 3.63) is 69.2 Å². The molecule has 2 aromatic heterocycles. The SMILES string of the molecule is COc1cccc(Cn2nc(C(=O)N3CCC[C@H](O)C3)c3c2CCN(Cc2cccs2)C3)c1. The molecule has 2 aliphatic heterocycles. The molecule has 1 aromatic carbocycles. The molecule has 1 amide bonds. The number of carbonyl (C=O) groups excluding carboxylic acids is 1. The number of rotatable bonds is 6. The van der Waals surface area contributed by atoms with Crippen LogP contribution in [0.3, 0.4) is 0 Å². The lowest BCUT2D eigenvalue weighted by atomic mass is 10.0. The van der Waals surface area contributed by atoms with Gasteiger partial charge in [0.25, 0.3) is 5.91 Å². The normalized spacial score (nSPS) is 18.8. The molecule has 4 heterocycles. The lowest BCUT2D eigenvalue weighted by molar-refractivity contribution is 0.0466. The van der Waals surface area contributed by atoms with Gasteiger partial charge in [-0.25, -0.2) is 0 Å². The van der Waals surface area contributed by atoms with Gasteiger partial charge in [0.1, 0.15) is 5.75 Å². The quantitative estimate of drug-likeness (QED) is 0.604. The summed E-state index contributed by atoms with van der Waals surface area (Å²) in [6.45, 7) is 4.18. The van der Waals surface area contributed by atoms with Gasteiger partial charge in [-0.15, -0.1) is 11.3 Å². The first kappa shape index (κ1) is 22.1. The van der Waals surface area contributed by atoms with E-state index in [1.54, 1.807) is 23.3 Å². The number of benzene rings is 1. The largest absolute Gasteiger partial charge is 0.497 e. The Morgan fingerprint density at radius 2 is 2.15 bits per heavy atom. The molecule has 0 aliphatic carbocycles. The summed E-state index contributed by atoms with van der Waals surface area (Å²) in [6.07, 6.45) is 1.98. The van der Waals surface area contributed by atoms with Gasteiger partial charge in [-0.3, -0.25) is 14.4 Å². The van der Waals surface area contributed by atoms with Crippen molar-refractivity contribution in [2.75, 3.05) is 26.7 Å². The molecule has 5 rings (SSSR count). The van der Waals surface area contributed by atoms with Crippen LogP contribution in [-0.4, -0.2) is 63.4 Å². The van der Waals surface area contributed by atoms with E-state index in [-0.39, 0.29) is 5.91 Å². The minimum absolute atomic E-state index is 0.0626. The van der Waals surface area contributed by atoms with Crippen LogP contribution in [0.4, 0.5) is 0 Å². The van der Waals surface area contributed by atoms with E-state index < -0.39 is 6.10 Å². The van der Waals surface area contributed by atoms with E-state index in [4.69, 9.17) is 9.84 Å². The molecule has 1 fully saturated rings. The number of hydrogen-bond donors (Lipinski definition) is 1. The monoisotopic (exact) mass is 466 g/mol. The van der Waals surface area contributed by atoms with Crippen molar-refractivity contribution in [2.45, 2.75) is 45.0 Å². The minimum Gasteiger partial charge on any atom is -0.497 e. The van der Waals surface area contributed by atoms with Gasteiger partial charge in [0.2, 0.25) is 0 Å². The molecule has 0 unspecified atom stereocenters. The Kier molecular flexibility index (Phi) is 6.48. The second-order valence-electron chi connectivity index (χ2n) is 8.87. The fourth-order valence-electron chi connectivity index (χ4n) is 4.84. The molecule has 2 aliphatic rings. The number of fused-ring (bicyclic) bond motifs is 1. The van der Waals surface area contributed by atoms with E-state index >= 15 is 0 Å². The molecule has 3 aromatic rings. The highest BCUT2D eigenvalue weighted by Gasteiger charge is 2.32. The van der Waals surface area contributed by atoms with Crippen molar-refractivity contribution >= 4 is 17.2 Å². The Morgan fingerprint density at radius 1 is 1.24 bits per heavy atom. The van der Waals surface area contributed by atoms with E-state index in [0.717, 1.165) is 54.9 Å². The third kappa shape index (κ3) is 4.83. The Labute approximate surface area is 198 Å². The van der Waals surface area contributed by atoms with Gasteiger partial charge >= 0.3 is 0 Å². The highest BCUT2D eigenvalue weighted by atomic mass is 32.1. The number of aliphatic hydroxyl groups is 1. The van der Waals surface area contributed by atoms with Crippen LogP contribution in [0.5, 0.6) is 5.75 Å². The number of aliphatic hydroxyl groups excluding tert-OH is 1. The predicted molar refractivity (Wildman–Crippen MR) is 128 cm³/mol. The van der Waals surface area contributed by atoms with Crippen LogP contribution in [0.1, 0.15) is 45.0 Å². The zero-order chi connectivity index (χ0) is 22.8. The smallest absolute Gasteiger partial charge is 0.274 e. The summed E-state index contributed by atoms with van der Waals surface area (Å²) < 4.78 is 7.38. The Bertz CT molecular complexity index is 1110. The van der Waals surface area contributed by atoms with Crippen molar-refractivity contribution in [3.8, 4) is 5.75 Å². The number of β-amino-alcohol motifs (C(OH)–C–C–N with tert-alkyl or cyclic N) is 1. The van der Waals surface area contributed by atoms with Crippen molar-refractivity contribution in [3.63, 3.8) is 0 Å². The third-order valence-electron chi connectivity index (χ3n) is 6.53. The van der Waals surface area contributed by atoms with Gasteiger partial charge in [-0.2, -0.15) is 5.10 Å². The number of methoxy groups -OCH3 is 1. The fourth-order valence-corrected chi connectivity index (χ4v) is 5.59. The standard InChI is InChI=1S/C25H30N4O3S/c1-32-20-7-2-5-18(13-20)14-29-23-9-11-27(16-21-8-4-12-33-21)17-22(23)24(26-29)25(31)28-10-3-6-19(30)15-28/h2,4-5,7-8,12-13,19,30H,3,6,9-11,14-17H2,1H3/t19-/m0/s1. The van der Waals surface area contributed by atoms with Crippen LogP contribution in [0.25, 0.3) is 0 Å². The lowest BCUT2D eigenvalue weighted by Gasteiger charge is -2.31. The number of carbonyl (C=O) groups is 1. The number of thiophene rings is 1. The molecule has 0 bridgehead atoms. The topological polar surface area (TPSA) is 70.8 Å². The van der Waals surface area contributed by atoms with Crippen LogP contribution in [0, 0.1) is 0 Å². The van der Waals surface area contributed by atoms with Gasteiger partial charge in [0.05, 0.1) is 19.8 Å². The second-order valence-corrected chi connectivity index (χ2v) is 9.90. The van der Waals surface area contributed by atoms with Gasteiger partial charge in [-0.1, -0.05) is 18.2 Å². The van der Waals surface area contributed by atoms with Crippen LogP contribution in [0.15, 0.2) is 41.8 Å². The number of amides is 1. The maximum atomic E-state index is 13.5. The van der Waals surface area contributed by atoms with E-state index in [2.05, 4.69) is 28.5 Å². The number of nitrogens with zero attached hydrogens (tertiary/aromatic N) is 4. The number of aromatic nitrogens is 2. The highest BCUT2D eigenvalue weighted by Crippen LogP contribution is 2.27. The highest BCUT2D eigenvalue weighted by molar-refractivity contribution is 7.09. The van der Waals surface area contributed by atoms with Crippen LogP contribution >= 0.6 is 11.3 Å². The maximum absolute atomic E-state index is 13.5. The first-order valence-corrected chi connectivity index (χ1v) is 12.4. The third-order valence-corrected chi connectivity index (χ3v) is 7.39. The van der Waals surface area contributed by atoms with Crippen LogP contribution in [-0.2, 0) is 26.1 Å². The number of ether oxygens (including phenoxy) is 1. The Hall–Kier alpha value is -2.68. The molecule has 1 atom stereocenters. The van der Waals surface area contributed by atoms with Gasteiger partial charge in [-0.05, 0) is 42.0 Å². The van der Waals surface area contributed by atoms with Crippen LogP contribution < -0.4 is 4.74 Å². The zero-order valence-corrected chi connectivity index (χ0v) is 19.8. The summed E-state index contributed by atoms with van der Waals surface area (Å²) in [7, 11) is 1.67. The molecule has 7 nitrogen and oxygen atoms in total. The van der Waals surface area contributed by atoms with E-state index in [0.29, 0.717) is 31.9 Å².